The van der Waals surface area contributed by atoms with Gasteiger partial charge < -0.3 is 15.7 Å². The number of nitrogens with one attached hydrogen (secondary N) is 2. The highest BCUT2D eigenvalue weighted by molar-refractivity contribution is 5.82. The third-order valence-electron chi connectivity index (χ3n) is 2.67. The van der Waals surface area contributed by atoms with Crippen LogP contribution in [-0.2, 0) is 11.3 Å². The molecule has 3 N–H and O–H groups in total. The average Bonchev–Trinajstić information content (AvgIpc) is 2.36. The monoisotopic (exact) mass is 286 g/mol. The third-order valence-corrected chi connectivity index (χ3v) is 2.67. The summed E-state index contributed by atoms with van der Waals surface area (Å²) in [7, 11) is 0. The average molecular weight is 286 g/mol. The predicted octanol–water partition coefficient (Wildman–Crippen LogP) is 1.87. The van der Waals surface area contributed by atoms with Gasteiger partial charge in [0, 0.05) is 12.1 Å². The molecule has 0 aromatic heterocycles. The third kappa shape index (κ3) is 4.49. The summed E-state index contributed by atoms with van der Waals surface area (Å²) in [6, 6.07) is 1.09. The van der Waals surface area contributed by atoms with Crippen molar-refractivity contribution in [1.29, 1.82) is 0 Å². The molecule has 0 aliphatic rings. The first kappa shape index (κ1) is 15.9. The predicted molar refractivity (Wildman–Crippen MR) is 68.0 cm³/mol. The standard InChI is InChI=1S/C13H16F2N2O3/c1-7(2)11(12(18)19)17-13(20)16-6-8-5-9(14)3-4-10(8)15/h3-5,7,11H,6H2,1-2H3,(H,18,19)(H2,16,17,20). The Morgan fingerprint density at radius 1 is 1.30 bits per heavy atom. The maximum Gasteiger partial charge on any atom is 0.326 e. The lowest BCUT2D eigenvalue weighted by atomic mass is 10.1. The van der Waals surface area contributed by atoms with Gasteiger partial charge in [0.2, 0.25) is 0 Å². The molecule has 0 aliphatic carbocycles. The Kier molecular flexibility index (Phi) is 5.42. The van der Waals surface area contributed by atoms with Gasteiger partial charge in [0.15, 0.2) is 0 Å². The van der Waals surface area contributed by atoms with E-state index in [9.17, 15) is 18.4 Å². The highest BCUT2D eigenvalue weighted by Gasteiger charge is 2.23. The summed E-state index contributed by atoms with van der Waals surface area (Å²) in [4.78, 5) is 22.4. The minimum atomic E-state index is -1.16. The summed E-state index contributed by atoms with van der Waals surface area (Å²) in [6.07, 6.45) is 0. The maximum absolute atomic E-state index is 13.3. The summed E-state index contributed by atoms with van der Waals surface area (Å²) in [5.41, 5.74) is -0.0171. The van der Waals surface area contributed by atoms with Crippen LogP contribution in [0.15, 0.2) is 18.2 Å². The second kappa shape index (κ2) is 6.83. The van der Waals surface area contributed by atoms with Gasteiger partial charge in [0.05, 0.1) is 0 Å². The van der Waals surface area contributed by atoms with Crippen LogP contribution in [0.4, 0.5) is 13.6 Å². The van der Waals surface area contributed by atoms with Crippen molar-refractivity contribution < 1.29 is 23.5 Å². The fraction of sp³-hybridized carbons (Fsp3) is 0.385. The topological polar surface area (TPSA) is 78.4 Å². The van der Waals surface area contributed by atoms with Crippen molar-refractivity contribution in [2.75, 3.05) is 0 Å². The van der Waals surface area contributed by atoms with Crippen molar-refractivity contribution in [3.05, 3.63) is 35.4 Å². The number of carbonyl (C=O) groups is 2. The second-order valence-electron chi connectivity index (χ2n) is 4.62. The molecule has 0 saturated carbocycles. The summed E-state index contributed by atoms with van der Waals surface area (Å²) < 4.78 is 26.2. The van der Waals surface area contributed by atoms with Gasteiger partial charge in [0.1, 0.15) is 17.7 Å². The van der Waals surface area contributed by atoms with Crippen LogP contribution in [0.25, 0.3) is 0 Å². The van der Waals surface area contributed by atoms with Crippen molar-refractivity contribution >= 4 is 12.0 Å². The van der Waals surface area contributed by atoms with Crippen LogP contribution in [0.1, 0.15) is 19.4 Å². The molecule has 7 heteroatoms. The molecule has 0 saturated heterocycles. The van der Waals surface area contributed by atoms with E-state index in [1.165, 1.54) is 0 Å². The molecule has 0 bridgehead atoms. The highest BCUT2D eigenvalue weighted by atomic mass is 19.1. The number of rotatable bonds is 5. The van der Waals surface area contributed by atoms with Crippen LogP contribution in [0.5, 0.6) is 0 Å². The number of aliphatic carboxylic acids is 1. The highest BCUT2D eigenvalue weighted by Crippen LogP contribution is 2.09. The normalized spacial score (nSPS) is 12.1. The van der Waals surface area contributed by atoms with Gasteiger partial charge in [-0.1, -0.05) is 13.8 Å². The van der Waals surface area contributed by atoms with E-state index in [4.69, 9.17) is 5.11 Å². The van der Waals surface area contributed by atoms with E-state index in [-0.39, 0.29) is 18.0 Å². The molecule has 110 valence electrons. The number of benzene rings is 1. The molecule has 2 amide bonds. The van der Waals surface area contributed by atoms with Crippen LogP contribution < -0.4 is 10.6 Å². The first-order chi connectivity index (χ1) is 9.31. The van der Waals surface area contributed by atoms with Crippen molar-refractivity contribution in [3.8, 4) is 0 Å². The fourth-order valence-electron chi connectivity index (χ4n) is 1.56. The van der Waals surface area contributed by atoms with Gasteiger partial charge >= 0.3 is 12.0 Å². The van der Waals surface area contributed by atoms with Crippen LogP contribution in [0.2, 0.25) is 0 Å². The summed E-state index contributed by atoms with van der Waals surface area (Å²) in [5.74, 6) is -2.73. The summed E-state index contributed by atoms with van der Waals surface area (Å²) >= 11 is 0. The molecular formula is C13H16F2N2O3. The molecular weight excluding hydrogens is 270 g/mol. The summed E-state index contributed by atoms with van der Waals surface area (Å²) in [6.45, 7) is 3.05. The Bertz CT molecular complexity index is 506. The number of hydrogen-bond acceptors (Lipinski definition) is 2. The van der Waals surface area contributed by atoms with Crippen molar-refractivity contribution in [3.63, 3.8) is 0 Å². The molecule has 0 heterocycles. The van der Waals surface area contributed by atoms with Gasteiger partial charge in [0.25, 0.3) is 0 Å². The van der Waals surface area contributed by atoms with E-state index in [2.05, 4.69) is 10.6 Å². The van der Waals surface area contributed by atoms with E-state index in [1.807, 2.05) is 0 Å². The first-order valence-electron chi connectivity index (χ1n) is 6.02. The molecule has 1 unspecified atom stereocenters. The Morgan fingerprint density at radius 3 is 2.50 bits per heavy atom. The lowest BCUT2D eigenvalue weighted by Crippen LogP contribution is -2.48. The van der Waals surface area contributed by atoms with Gasteiger partial charge in [-0.3, -0.25) is 0 Å². The number of carboxylic acid groups (broad SMARTS) is 1. The molecule has 20 heavy (non-hydrogen) atoms. The smallest absolute Gasteiger partial charge is 0.326 e. The Morgan fingerprint density at radius 2 is 1.95 bits per heavy atom. The lowest BCUT2D eigenvalue weighted by molar-refractivity contribution is -0.140. The molecule has 1 aromatic carbocycles. The molecule has 0 fully saturated rings. The fourth-order valence-corrected chi connectivity index (χ4v) is 1.56. The SMILES string of the molecule is CC(C)C(NC(=O)NCc1cc(F)ccc1F)C(=O)O. The van der Waals surface area contributed by atoms with Crippen molar-refractivity contribution in [2.24, 2.45) is 5.92 Å². The van der Waals surface area contributed by atoms with E-state index >= 15 is 0 Å². The minimum Gasteiger partial charge on any atom is -0.480 e. The van der Waals surface area contributed by atoms with Gasteiger partial charge in [-0.05, 0) is 24.1 Å². The Balaban J connectivity index is 2.59. The zero-order chi connectivity index (χ0) is 15.3. The quantitative estimate of drug-likeness (QED) is 0.773. The number of carbonyl (C=O) groups excluding carboxylic acids is 1. The minimum absolute atomic E-state index is 0.0171. The molecule has 0 radical (unpaired) electrons. The Labute approximate surface area is 115 Å². The first-order valence-corrected chi connectivity index (χ1v) is 6.02. The zero-order valence-electron chi connectivity index (χ0n) is 11.1. The number of urea groups is 1. The largest absolute Gasteiger partial charge is 0.480 e. The number of carboxylic acids is 1. The molecule has 1 aromatic rings. The van der Waals surface area contributed by atoms with Gasteiger partial charge in [-0.15, -0.1) is 0 Å². The second-order valence-corrected chi connectivity index (χ2v) is 4.62. The van der Waals surface area contributed by atoms with E-state index < -0.39 is 29.7 Å². The van der Waals surface area contributed by atoms with Crippen LogP contribution >= 0.6 is 0 Å². The van der Waals surface area contributed by atoms with Crippen LogP contribution in [-0.4, -0.2) is 23.1 Å². The van der Waals surface area contributed by atoms with E-state index in [0.717, 1.165) is 18.2 Å². The van der Waals surface area contributed by atoms with Crippen LogP contribution in [0, 0.1) is 17.6 Å². The molecule has 0 spiro atoms. The van der Waals surface area contributed by atoms with E-state index in [1.54, 1.807) is 13.8 Å². The number of amides is 2. The van der Waals surface area contributed by atoms with Gasteiger partial charge in [-0.2, -0.15) is 0 Å². The maximum atomic E-state index is 13.3. The Hall–Kier alpha value is -2.18. The molecule has 1 atom stereocenters. The van der Waals surface area contributed by atoms with Crippen molar-refractivity contribution in [2.45, 2.75) is 26.4 Å². The lowest BCUT2D eigenvalue weighted by Gasteiger charge is -2.18. The summed E-state index contributed by atoms with van der Waals surface area (Å²) in [5, 5.41) is 13.4. The van der Waals surface area contributed by atoms with Gasteiger partial charge in [-0.25, -0.2) is 18.4 Å². The molecule has 5 nitrogen and oxygen atoms in total. The number of hydrogen-bond donors (Lipinski definition) is 3. The van der Waals surface area contributed by atoms with E-state index in [0.29, 0.717) is 0 Å². The molecule has 1 rings (SSSR count). The molecule has 0 aliphatic heterocycles. The van der Waals surface area contributed by atoms with Crippen LogP contribution in [0.3, 0.4) is 0 Å². The van der Waals surface area contributed by atoms with Crippen molar-refractivity contribution in [1.82, 2.24) is 10.6 Å². The number of halogens is 2. The zero-order valence-corrected chi connectivity index (χ0v) is 11.1.